The quantitative estimate of drug-likeness (QED) is 0.375. The molecule has 2 rings (SSSR count). The van der Waals surface area contributed by atoms with Crippen LogP contribution in [-0.4, -0.2) is 24.2 Å². The van der Waals surface area contributed by atoms with E-state index in [1.807, 2.05) is 0 Å². The number of guanidine groups is 1. The summed E-state index contributed by atoms with van der Waals surface area (Å²) in [6.45, 7) is 5.09. The van der Waals surface area contributed by atoms with Crippen molar-refractivity contribution in [2.24, 2.45) is 16.1 Å². The van der Waals surface area contributed by atoms with E-state index in [1.165, 1.54) is 30.4 Å². The zero-order valence-electron chi connectivity index (χ0n) is 14.3. The van der Waals surface area contributed by atoms with Crippen LogP contribution in [0.3, 0.4) is 0 Å². The number of nitrogens with two attached hydrogens (primary N) is 1. The molecule has 0 unspecified atom stereocenters. The van der Waals surface area contributed by atoms with Crippen molar-refractivity contribution < 1.29 is 5.11 Å². The Morgan fingerprint density at radius 1 is 1.17 bits per heavy atom. The highest BCUT2D eigenvalue weighted by Gasteiger charge is 2.31. The molecule has 0 radical (unpaired) electrons. The predicted molar refractivity (Wildman–Crippen MR) is 109 cm³/mol. The first-order chi connectivity index (χ1) is 10.5. The van der Waals surface area contributed by atoms with Gasteiger partial charge in [-0.3, -0.25) is 4.99 Å². The minimum atomic E-state index is 0. The number of aryl methyl sites for hydroxylation is 2. The fraction of sp³-hybridized carbons (Fsp3) is 0.611. The lowest BCUT2D eigenvalue weighted by Crippen LogP contribution is -2.31. The highest BCUT2D eigenvalue weighted by atomic mass is 127. The van der Waals surface area contributed by atoms with Gasteiger partial charge in [-0.2, -0.15) is 0 Å². The number of hydrogen-bond acceptors (Lipinski definition) is 2. The number of rotatable bonds is 5. The third kappa shape index (κ3) is 6.30. The van der Waals surface area contributed by atoms with E-state index in [-0.39, 0.29) is 36.0 Å². The van der Waals surface area contributed by atoms with Gasteiger partial charge in [-0.15, -0.1) is 24.0 Å². The van der Waals surface area contributed by atoms with E-state index in [1.54, 1.807) is 0 Å². The zero-order chi connectivity index (χ0) is 16.0. The summed E-state index contributed by atoms with van der Waals surface area (Å²) in [5.74, 6) is 0.466. The van der Waals surface area contributed by atoms with E-state index in [0.29, 0.717) is 12.5 Å². The van der Waals surface area contributed by atoms with Gasteiger partial charge in [0.15, 0.2) is 5.96 Å². The van der Waals surface area contributed by atoms with Crippen molar-refractivity contribution in [3.05, 3.63) is 29.3 Å². The number of nitrogens with one attached hydrogen (secondary N) is 1. The minimum Gasteiger partial charge on any atom is -0.396 e. The Balaban J connectivity index is 0.00000264. The Bertz CT molecular complexity index is 499. The number of anilines is 1. The second-order valence-corrected chi connectivity index (χ2v) is 6.74. The second kappa shape index (κ2) is 9.47. The number of benzene rings is 1. The van der Waals surface area contributed by atoms with Crippen LogP contribution in [0.1, 0.15) is 49.7 Å². The second-order valence-electron chi connectivity index (χ2n) is 6.74. The maximum atomic E-state index is 9.35. The van der Waals surface area contributed by atoms with Crippen molar-refractivity contribution in [2.75, 3.05) is 18.5 Å². The average molecular weight is 431 g/mol. The molecule has 23 heavy (non-hydrogen) atoms. The van der Waals surface area contributed by atoms with Gasteiger partial charge >= 0.3 is 0 Å². The van der Waals surface area contributed by atoms with Crippen LogP contribution in [0.25, 0.3) is 0 Å². The predicted octanol–water partition coefficient (Wildman–Crippen LogP) is 3.98. The fourth-order valence-corrected chi connectivity index (χ4v) is 3.51. The van der Waals surface area contributed by atoms with Crippen molar-refractivity contribution in [1.82, 2.24) is 0 Å². The zero-order valence-corrected chi connectivity index (χ0v) is 16.6. The summed E-state index contributed by atoms with van der Waals surface area (Å²) in [6.07, 6.45) is 6.89. The van der Waals surface area contributed by atoms with Crippen LogP contribution < -0.4 is 11.1 Å². The monoisotopic (exact) mass is 431 g/mol. The Labute approximate surface area is 157 Å². The van der Waals surface area contributed by atoms with E-state index in [2.05, 4.69) is 42.4 Å². The molecule has 0 saturated heterocycles. The number of nitrogens with zero attached hydrogens (tertiary/aromatic N) is 1. The Hall–Kier alpha value is -0.820. The largest absolute Gasteiger partial charge is 0.396 e. The van der Waals surface area contributed by atoms with Crippen molar-refractivity contribution >= 4 is 35.6 Å². The van der Waals surface area contributed by atoms with Crippen LogP contribution in [0.5, 0.6) is 0 Å². The normalized spacial score (nSPS) is 17.4. The van der Waals surface area contributed by atoms with E-state index >= 15 is 0 Å². The molecule has 1 aromatic carbocycles. The molecule has 0 aromatic heterocycles. The van der Waals surface area contributed by atoms with Crippen LogP contribution in [0.2, 0.25) is 0 Å². The van der Waals surface area contributed by atoms with Crippen LogP contribution >= 0.6 is 24.0 Å². The number of hydrogen-bond donors (Lipinski definition) is 3. The first kappa shape index (κ1) is 20.2. The maximum Gasteiger partial charge on any atom is 0.193 e. The number of aliphatic imine (C=N–C) groups is 1. The Morgan fingerprint density at radius 3 is 2.35 bits per heavy atom. The molecular weight excluding hydrogens is 401 g/mol. The van der Waals surface area contributed by atoms with Gasteiger partial charge in [0.1, 0.15) is 0 Å². The summed E-state index contributed by atoms with van der Waals surface area (Å²) in [5, 5.41) is 12.5. The molecule has 4 nitrogen and oxygen atoms in total. The first-order valence-electron chi connectivity index (χ1n) is 8.29. The Kier molecular flexibility index (Phi) is 8.33. The lowest BCUT2D eigenvalue weighted by Gasteiger charge is -2.35. The lowest BCUT2D eigenvalue weighted by molar-refractivity contribution is 0.137. The van der Waals surface area contributed by atoms with Crippen LogP contribution in [-0.2, 0) is 0 Å². The molecule has 0 heterocycles. The van der Waals surface area contributed by atoms with E-state index in [4.69, 9.17) is 5.73 Å². The fourth-order valence-electron chi connectivity index (χ4n) is 3.51. The van der Waals surface area contributed by atoms with Crippen molar-refractivity contribution in [3.8, 4) is 0 Å². The molecule has 1 aromatic rings. The molecular formula is C18H30IN3O. The van der Waals surface area contributed by atoms with Gasteiger partial charge < -0.3 is 16.2 Å². The summed E-state index contributed by atoms with van der Waals surface area (Å²) in [6, 6.07) is 6.27. The highest BCUT2D eigenvalue weighted by molar-refractivity contribution is 14.0. The standard InChI is InChI=1S/C18H29N3O.HI/c1-14-10-15(2)12-16(11-14)21-17(19)20-13-18(8-9-22)6-4-3-5-7-18;/h10-12,22H,3-9,13H2,1-2H3,(H3,19,20,21);1H. The minimum absolute atomic E-state index is 0. The maximum absolute atomic E-state index is 9.35. The highest BCUT2D eigenvalue weighted by Crippen LogP contribution is 2.39. The topological polar surface area (TPSA) is 70.6 Å². The molecule has 0 amide bonds. The molecule has 0 atom stereocenters. The summed E-state index contributed by atoms with van der Waals surface area (Å²) >= 11 is 0. The molecule has 1 aliphatic carbocycles. The van der Waals surface area contributed by atoms with Crippen molar-refractivity contribution in [1.29, 1.82) is 0 Å². The summed E-state index contributed by atoms with van der Waals surface area (Å²) in [4.78, 5) is 4.57. The molecule has 0 spiro atoms. The van der Waals surface area contributed by atoms with E-state index in [9.17, 15) is 5.11 Å². The number of aliphatic hydroxyl groups excluding tert-OH is 1. The third-order valence-corrected chi connectivity index (χ3v) is 4.64. The number of halogens is 1. The first-order valence-corrected chi connectivity index (χ1v) is 8.29. The van der Waals surface area contributed by atoms with Crippen molar-refractivity contribution in [2.45, 2.75) is 52.4 Å². The Morgan fingerprint density at radius 2 is 1.78 bits per heavy atom. The van der Waals surface area contributed by atoms with Gasteiger partial charge in [0.05, 0.1) is 0 Å². The molecule has 1 aliphatic rings. The number of aliphatic hydroxyl groups is 1. The van der Waals surface area contributed by atoms with Crippen LogP contribution in [0.15, 0.2) is 23.2 Å². The molecule has 0 aliphatic heterocycles. The van der Waals surface area contributed by atoms with E-state index in [0.717, 1.165) is 24.9 Å². The van der Waals surface area contributed by atoms with Gasteiger partial charge in [0.2, 0.25) is 0 Å². The van der Waals surface area contributed by atoms with E-state index < -0.39 is 0 Å². The van der Waals surface area contributed by atoms with Gasteiger partial charge in [-0.1, -0.05) is 25.3 Å². The molecule has 4 N–H and O–H groups in total. The van der Waals surface area contributed by atoms with Gasteiger partial charge in [-0.05, 0) is 61.8 Å². The smallest absolute Gasteiger partial charge is 0.193 e. The van der Waals surface area contributed by atoms with Crippen LogP contribution in [0, 0.1) is 19.3 Å². The van der Waals surface area contributed by atoms with Crippen LogP contribution in [0.4, 0.5) is 5.69 Å². The van der Waals surface area contributed by atoms with Gasteiger partial charge in [0, 0.05) is 18.8 Å². The third-order valence-electron chi connectivity index (χ3n) is 4.64. The molecule has 0 bridgehead atoms. The molecule has 1 saturated carbocycles. The van der Waals surface area contributed by atoms with Gasteiger partial charge in [-0.25, -0.2) is 0 Å². The molecule has 1 fully saturated rings. The summed E-state index contributed by atoms with van der Waals surface area (Å²) in [7, 11) is 0. The average Bonchev–Trinajstić information content (AvgIpc) is 2.45. The summed E-state index contributed by atoms with van der Waals surface area (Å²) < 4.78 is 0. The molecule has 130 valence electrons. The van der Waals surface area contributed by atoms with Crippen molar-refractivity contribution in [3.63, 3.8) is 0 Å². The summed E-state index contributed by atoms with van der Waals surface area (Å²) in [5.41, 5.74) is 9.60. The molecule has 5 heteroatoms. The van der Waals surface area contributed by atoms with Gasteiger partial charge in [0.25, 0.3) is 0 Å². The lowest BCUT2D eigenvalue weighted by atomic mass is 9.72. The SMILES string of the molecule is Cc1cc(C)cc(NC(N)=NCC2(CCO)CCCCC2)c1.I.